The van der Waals surface area contributed by atoms with Crippen LogP contribution in [-0.4, -0.2) is 10.8 Å². The van der Waals surface area contributed by atoms with Crippen LogP contribution < -0.4 is 5.32 Å². The molecule has 1 N–H and O–H groups in total. The molecule has 0 aliphatic rings. The number of non-ortho nitro benzene ring substituents is 1. The van der Waals surface area contributed by atoms with Crippen LogP contribution >= 0.6 is 27.5 Å². The number of nitrogens with zero attached hydrogens (tertiary/aromatic N) is 1. The van der Waals surface area contributed by atoms with Crippen molar-refractivity contribution in [3.8, 4) is 0 Å². The second-order valence-corrected chi connectivity index (χ2v) is 5.26. The van der Waals surface area contributed by atoms with Gasteiger partial charge in [-0.15, -0.1) is 0 Å². The molecular weight excluding hydrogens is 367 g/mol. The molecule has 21 heavy (non-hydrogen) atoms. The summed E-state index contributed by atoms with van der Waals surface area (Å²) in [6, 6.07) is 7.30. The van der Waals surface area contributed by atoms with E-state index < -0.39 is 16.6 Å². The number of carbonyl (C=O) groups excluding carboxylic acids is 1. The van der Waals surface area contributed by atoms with E-state index in [0.717, 1.165) is 12.1 Å². The van der Waals surface area contributed by atoms with E-state index in [1.165, 1.54) is 24.3 Å². The molecule has 2 rings (SSSR count). The Hall–Kier alpha value is -1.99. The molecule has 0 aliphatic heterocycles. The van der Waals surface area contributed by atoms with Crippen LogP contribution in [0.3, 0.4) is 0 Å². The minimum absolute atomic E-state index is 0.0390. The van der Waals surface area contributed by atoms with E-state index in [4.69, 9.17) is 11.6 Å². The van der Waals surface area contributed by atoms with E-state index in [1.54, 1.807) is 0 Å². The summed E-state index contributed by atoms with van der Waals surface area (Å²) >= 11 is 8.96. The Morgan fingerprint density at radius 1 is 1.29 bits per heavy atom. The first-order valence-electron chi connectivity index (χ1n) is 5.59. The molecule has 108 valence electrons. The van der Waals surface area contributed by atoms with Crippen molar-refractivity contribution in [2.45, 2.75) is 0 Å². The van der Waals surface area contributed by atoms with Crippen LogP contribution in [0.1, 0.15) is 10.4 Å². The smallest absolute Gasteiger partial charge is 0.269 e. The maximum Gasteiger partial charge on any atom is 0.269 e. The van der Waals surface area contributed by atoms with Gasteiger partial charge in [0.25, 0.3) is 11.6 Å². The minimum atomic E-state index is -0.560. The Kier molecular flexibility index (Phi) is 4.54. The van der Waals surface area contributed by atoms with Crippen molar-refractivity contribution in [2.75, 3.05) is 5.32 Å². The molecule has 0 fully saturated rings. The molecule has 2 aromatic carbocycles. The van der Waals surface area contributed by atoms with Crippen LogP contribution in [0.4, 0.5) is 15.8 Å². The van der Waals surface area contributed by atoms with Crippen LogP contribution in [0.25, 0.3) is 0 Å². The number of nitro groups is 1. The summed E-state index contributed by atoms with van der Waals surface area (Å²) in [7, 11) is 0. The second-order valence-electron chi connectivity index (χ2n) is 4.00. The van der Waals surface area contributed by atoms with Gasteiger partial charge in [-0.3, -0.25) is 14.9 Å². The number of rotatable bonds is 3. The van der Waals surface area contributed by atoms with E-state index in [0.29, 0.717) is 4.47 Å². The van der Waals surface area contributed by atoms with Gasteiger partial charge in [-0.1, -0.05) is 11.6 Å². The maximum atomic E-state index is 13.1. The molecule has 0 spiro atoms. The highest BCUT2D eigenvalue weighted by Crippen LogP contribution is 2.32. The average Bonchev–Trinajstić information content (AvgIpc) is 2.42. The van der Waals surface area contributed by atoms with Crippen molar-refractivity contribution in [3.63, 3.8) is 0 Å². The molecule has 0 heterocycles. The van der Waals surface area contributed by atoms with E-state index in [9.17, 15) is 19.3 Å². The third-order valence-corrected chi connectivity index (χ3v) is 3.51. The highest BCUT2D eigenvalue weighted by Gasteiger charge is 2.14. The van der Waals surface area contributed by atoms with Crippen molar-refractivity contribution in [3.05, 3.63) is 67.4 Å². The number of benzene rings is 2. The summed E-state index contributed by atoms with van der Waals surface area (Å²) in [6.45, 7) is 0. The Bertz CT molecular complexity index is 699. The highest BCUT2D eigenvalue weighted by molar-refractivity contribution is 9.10. The molecule has 0 radical (unpaired) electrons. The van der Waals surface area contributed by atoms with Crippen LogP contribution in [0.2, 0.25) is 5.02 Å². The summed E-state index contributed by atoms with van der Waals surface area (Å²) < 4.78 is 13.4. The zero-order chi connectivity index (χ0) is 15.6. The molecule has 1 amide bonds. The van der Waals surface area contributed by atoms with Gasteiger partial charge in [-0.2, -0.15) is 0 Å². The van der Waals surface area contributed by atoms with Gasteiger partial charge < -0.3 is 5.32 Å². The Morgan fingerprint density at radius 3 is 2.43 bits per heavy atom. The Balaban J connectivity index is 2.24. The normalized spacial score (nSPS) is 10.2. The number of nitro benzene ring substituents is 1. The number of nitrogens with one attached hydrogen (secondary N) is 1. The number of hydrogen-bond acceptors (Lipinski definition) is 3. The topological polar surface area (TPSA) is 72.2 Å². The van der Waals surface area contributed by atoms with Gasteiger partial charge in [-0.05, 0) is 40.2 Å². The van der Waals surface area contributed by atoms with Crippen LogP contribution in [0, 0.1) is 15.9 Å². The van der Waals surface area contributed by atoms with Crippen LogP contribution in [-0.2, 0) is 0 Å². The van der Waals surface area contributed by atoms with Crippen molar-refractivity contribution in [2.24, 2.45) is 0 Å². The number of anilines is 1. The molecule has 0 bridgehead atoms. The fourth-order valence-corrected chi connectivity index (χ4v) is 2.48. The van der Waals surface area contributed by atoms with Gasteiger partial charge in [0, 0.05) is 22.2 Å². The molecule has 8 heteroatoms. The van der Waals surface area contributed by atoms with Gasteiger partial charge in [-0.25, -0.2) is 4.39 Å². The van der Waals surface area contributed by atoms with Crippen LogP contribution in [0.15, 0.2) is 40.9 Å². The van der Waals surface area contributed by atoms with E-state index >= 15 is 0 Å². The number of halogens is 3. The first kappa shape index (κ1) is 15.4. The van der Waals surface area contributed by atoms with Gasteiger partial charge in [0.2, 0.25) is 0 Å². The fraction of sp³-hybridized carbons (Fsp3) is 0. The number of carbonyl (C=O) groups is 1. The van der Waals surface area contributed by atoms with Gasteiger partial charge in [0.1, 0.15) is 5.82 Å². The largest absolute Gasteiger partial charge is 0.320 e. The predicted molar refractivity (Wildman–Crippen MR) is 80.2 cm³/mol. The predicted octanol–water partition coefficient (Wildman–Crippen LogP) is 4.40. The first-order valence-corrected chi connectivity index (χ1v) is 6.76. The second kappa shape index (κ2) is 6.19. The van der Waals surface area contributed by atoms with Crippen LogP contribution in [0.5, 0.6) is 0 Å². The lowest BCUT2D eigenvalue weighted by atomic mass is 10.2. The van der Waals surface area contributed by atoms with Crippen molar-refractivity contribution in [1.29, 1.82) is 0 Å². The van der Waals surface area contributed by atoms with Gasteiger partial charge in [0.05, 0.1) is 15.6 Å². The van der Waals surface area contributed by atoms with Crippen molar-refractivity contribution in [1.82, 2.24) is 0 Å². The summed E-state index contributed by atoms with van der Waals surface area (Å²) in [5.41, 5.74) is 0.321. The highest BCUT2D eigenvalue weighted by atomic mass is 79.9. The first-order chi connectivity index (χ1) is 9.88. The molecule has 0 saturated carbocycles. The van der Waals surface area contributed by atoms with Gasteiger partial charge >= 0.3 is 0 Å². The monoisotopic (exact) mass is 372 g/mol. The van der Waals surface area contributed by atoms with Gasteiger partial charge in [0.15, 0.2) is 0 Å². The quantitative estimate of drug-likeness (QED) is 0.640. The lowest BCUT2D eigenvalue weighted by molar-refractivity contribution is -0.384. The van der Waals surface area contributed by atoms with E-state index in [-0.39, 0.29) is 22.0 Å². The van der Waals surface area contributed by atoms with E-state index in [1.807, 2.05) is 0 Å². The zero-order valence-electron chi connectivity index (χ0n) is 10.3. The summed E-state index contributed by atoms with van der Waals surface area (Å²) in [6.07, 6.45) is 0. The molecule has 2 aromatic rings. The minimum Gasteiger partial charge on any atom is -0.320 e. The van der Waals surface area contributed by atoms with Crippen molar-refractivity contribution < 1.29 is 14.1 Å². The standard InChI is InChI=1S/C13H7BrClFN2O3/c14-10-5-8(16)6-11(15)12(10)17-13(19)7-1-3-9(4-2-7)18(20)21/h1-6H,(H,17,19). The lowest BCUT2D eigenvalue weighted by Crippen LogP contribution is -2.12. The zero-order valence-corrected chi connectivity index (χ0v) is 12.6. The lowest BCUT2D eigenvalue weighted by Gasteiger charge is -2.09. The molecule has 0 unspecified atom stereocenters. The molecule has 5 nitrogen and oxygen atoms in total. The average molecular weight is 374 g/mol. The van der Waals surface area contributed by atoms with E-state index in [2.05, 4.69) is 21.2 Å². The molecule has 0 aromatic heterocycles. The Morgan fingerprint density at radius 2 is 1.90 bits per heavy atom. The summed E-state index contributed by atoms with van der Waals surface area (Å²) in [4.78, 5) is 22.0. The molecule has 0 aliphatic carbocycles. The number of amides is 1. The molecular formula is C13H7BrClFN2O3. The Labute approximate surface area is 132 Å². The SMILES string of the molecule is O=C(Nc1c(Cl)cc(F)cc1Br)c1ccc([N+](=O)[O-])cc1. The summed E-state index contributed by atoms with van der Waals surface area (Å²) in [5.74, 6) is -1.06. The van der Waals surface area contributed by atoms with Crippen molar-refractivity contribution >= 4 is 44.8 Å². The fourth-order valence-electron chi connectivity index (χ4n) is 1.58. The third-order valence-electron chi connectivity index (χ3n) is 2.59. The maximum absolute atomic E-state index is 13.1. The third kappa shape index (κ3) is 3.56. The molecule has 0 atom stereocenters. The molecule has 0 saturated heterocycles. The summed E-state index contributed by atoms with van der Waals surface area (Å²) in [5, 5.41) is 13.1. The number of hydrogen-bond donors (Lipinski definition) is 1.